The van der Waals surface area contributed by atoms with Crippen LogP contribution in [0.15, 0.2) is 48.9 Å². The Morgan fingerprint density at radius 1 is 1.15 bits per heavy atom. The third-order valence-corrected chi connectivity index (χ3v) is 6.46. The first-order valence-electron chi connectivity index (χ1n) is 11.1. The molecule has 1 unspecified atom stereocenters. The predicted octanol–water partition coefficient (Wildman–Crippen LogP) is 4.80. The van der Waals surface area contributed by atoms with Gasteiger partial charge in [-0.1, -0.05) is 36.8 Å². The minimum atomic E-state index is -0.366. The van der Waals surface area contributed by atoms with E-state index in [1.807, 2.05) is 19.1 Å². The number of thiazole rings is 1. The topological polar surface area (TPSA) is 119 Å². The Kier molecular flexibility index (Phi) is 7.58. The fourth-order valence-electron chi connectivity index (χ4n) is 3.47. The van der Waals surface area contributed by atoms with Crippen LogP contribution in [0.1, 0.15) is 36.9 Å². The number of carbonyl (C=O) groups is 1. The Morgan fingerprint density at radius 3 is 2.82 bits per heavy atom. The average Bonchev–Trinajstić information content (AvgIpc) is 3.26. The lowest BCUT2D eigenvalue weighted by molar-refractivity contribution is -0.119. The maximum absolute atomic E-state index is 13.8. The van der Waals surface area contributed by atoms with E-state index in [9.17, 15) is 9.18 Å². The van der Waals surface area contributed by atoms with Crippen LogP contribution in [-0.4, -0.2) is 25.8 Å². The summed E-state index contributed by atoms with van der Waals surface area (Å²) < 4.78 is 13.8. The lowest BCUT2D eigenvalue weighted by Gasteiger charge is -2.13. The highest BCUT2D eigenvalue weighted by Gasteiger charge is 2.15. The number of hydrogen-bond acceptors (Lipinski definition) is 8. The van der Waals surface area contributed by atoms with E-state index in [0.29, 0.717) is 28.4 Å². The number of pyridine rings is 1. The largest absolute Gasteiger partial charge is 0.397 e. The second-order valence-corrected chi connectivity index (χ2v) is 9.05. The number of unbranched alkanes of at least 4 members (excludes halogenated alkanes) is 1. The smallest absolute Gasteiger partial charge is 0.227 e. The first-order valence-corrected chi connectivity index (χ1v) is 11.9. The molecule has 10 heteroatoms. The number of nitrogens with zero attached hydrogens (tertiary/aromatic N) is 4. The molecule has 0 saturated heterocycles. The number of benzene rings is 1. The molecule has 3 heterocycles. The summed E-state index contributed by atoms with van der Waals surface area (Å²) >= 11 is 1.52. The number of nitrogens with one attached hydrogen (secondary N) is 2. The standard InChI is InChI=1S/C24H26FN7OS/c1-15(23(33)31-18-10-4-3-9-17(18)26)7-2-5-11-20-32-21-22(29-14-30-24(21)34-20)28-13-19-16(25)8-6-12-27-19/h3-4,6,8-10,12,14-15H,2,5,7,11,13,26H2,1H3,(H,31,33)(H,28,29,30). The van der Waals surface area contributed by atoms with Gasteiger partial charge in [0, 0.05) is 12.1 Å². The van der Waals surface area contributed by atoms with Crippen molar-refractivity contribution in [1.29, 1.82) is 0 Å². The summed E-state index contributed by atoms with van der Waals surface area (Å²) in [5.41, 5.74) is 8.09. The van der Waals surface area contributed by atoms with Crippen molar-refractivity contribution in [1.82, 2.24) is 19.9 Å². The van der Waals surface area contributed by atoms with Crippen LogP contribution < -0.4 is 16.4 Å². The normalized spacial score (nSPS) is 11.9. The number of nitrogens with two attached hydrogens (primary N) is 1. The second kappa shape index (κ2) is 11.0. The molecule has 3 aromatic heterocycles. The molecule has 4 N–H and O–H groups in total. The van der Waals surface area contributed by atoms with E-state index < -0.39 is 0 Å². The van der Waals surface area contributed by atoms with Crippen molar-refractivity contribution in [3.63, 3.8) is 0 Å². The van der Waals surface area contributed by atoms with Gasteiger partial charge in [0.05, 0.1) is 28.6 Å². The summed E-state index contributed by atoms with van der Waals surface area (Å²) in [6, 6.07) is 10.2. The third-order valence-electron chi connectivity index (χ3n) is 5.44. The summed E-state index contributed by atoms with van der Waals surface area (Å²) in [6.45, 7) is 2.13. The number of amides is 1. The van der Waals surface area contributed by atoms with Crippen LogP contribution in [0.4, 0.5) is 21.6 Å². The Morgan fingerprint density at radius 2 is 2.00 bits per heavy atom. The third kappa shape index (κ3) is 5.82. The maximum Gasteiger partial charge on any atom is 0.227 e. The van der Waals surface area contributed by atoms with Gasteiger partial charge >= 0.3 is 0 Å². The molecule has 4 aromatic rings. The predicted molar refractivity (Wildman–Crippen MR) is 133 cm³/mol. The Hall–Kier alpha value is -3.66. The molecule has 0 aliphatic heterocycles. The van der Waals surface area contributed by atoms with Gasteiger partial charge < -0.3 is 16.4 Å². The van der Waals surface area contributed by atoms with Gasteiger partial charge in [0.15, 0.2) is 5.82 Å². The molecule has 0 spiro atoms. The molecule has 4 rings (SSSR count). The average molecular weight is 480 g/mol. The molecule has 0 fully saturated rings. The lowest BCUT2D eigenvalue weighted by atomic mass is 10.0. The molecule has 0 saturated carbocycles. The minimum Gasteiger partial charge on any atom is -0.397 e. The van der Waals surface area contributed by atoms with Gasteiger partial charge in [-0.15, -0.1) is 0 Å². The molecule has 1 amide bonds. The van der Waals surface area contributed by atoms with E-state index in [2.05, 4.69) is 30.6 Å². The van der Waals surface area contributed by atoms with Crippen molar-refractivity contribution >= 4 is 44.8 Å². The number of para-hydroxylation sites is 2. The van der Waals surface area contributed by atoms with E-state index in [1.54, 1.807) is 24.4 Å². The maximum atomic E-state index is 13.8. The van der Waals surface area contributed by atoms with Gasteiger partial charge in [-0.25, -0.2) is 19.3 Å². The molecule has 0 aliphatic rings. The monoisotopic (exact) mass is 479 g/mol. The SMILES string of the molecule is CC(CCCCc1nc2c(NCc3ncccc3F)ncnc2s1)C(=O)Nc1ccccc1N. The molecule has 0 aliphatic carbocycles. The molecule has 34 heavy (non-hydrogen) atoms. The van der Waals surface area contributed by atoms with E-state index in [-0.39, 0.29) is 24.2 Å². The first kappa shape index (κ1) is 23.5. The number of carbonyl (C=O) groups excluding carboxylic acids is 1. The van der Waals surface area contributed by atoms with Gasteiger partial charge in [0.1, 0.15) is 22.5 Å². The van der Waals surface area contributed by atoms with E-state index in [1.165, 1.54) is 23.7 Å². The number of halogens is 1. The summed E-state index contributed by atoms with van der Waals surface area (Å²) in [7, 11) is 0. The second-order valence-electron chi connectivity index (χ2n) is 7.99. The number of fused-ring (bicyclic) bond motifs is 1. The number of nitrogen functional groups attached to an aromatic ring is 1. The number of aromatic nitrogens is 4. The molecule has 1 atom stereocenters. The van der Waals surface area contributed by atoms with Crippen LogP contribution >= 0.6 is 11.3 Å². The van der Waals surface area contributed by atoms with Gasteiger partial charge in [-0.2, -0.15) is 0 Å². The zero-order valence-electron chi connectivity index (χ0n) is 18.8. The lowest BCUT2D eigenvalue weighted by Crippen LogP contribution is -2.21. The van der Waals surface area contributed by atoms with E-state index in [0.717, 1.165) is 35.5 Å². The van der Waals surface area contributed by atoms with Crippen LogP contribution in [0.3, 0.4) is 0 Å². The number of rotatable bonds is 10. The van der Waals surface area contributed by atoms with Crippen LogP contribution in [0, 0.1) is 11.7 Å². The van der Waals surface area contributed by atoms with Crippen molar-refractivity contribution in [3.05, 3.63) is 65.4 Å². The summed E-state index contributed by atoms with van der Waals surface area (Å²) in [6.07, 6.45) is 6.38. The highest BCUT2D eigenvalue weighted by atomic mass is 32.1. The summed E-state index contributed by atoms with van der Waals surface area (Å²) in [4.78, 5) is 30.5. The zero-order valence-corrected chi connectivity index (χ0v) is 19.6. The van der Waals surface area contributed by atoms with Crippen molar-refractivity contribution < 1.29 is 9.18 Å². The number of anilines is 3. The molecule has 1 aromatic carbocycles. The molecule has 8 nitrogen and oxygen atoms in total. The molecular weight excluding hydrogens is 453 g/mol. The van der Waals surface area contributed by atoms with Gasteiger partial charge in [0.25, 0.3) is 0 Å². The van der Waals surface area contributed by atoms with Crippen LogP contribution in [0.25, 0.3) is 10.3 Å². The molecule has 0 bridgehead atoms. The van der Waals surface area contributed by atoms with E-state index >= 15 is 0 Å². The van der Waals surface area contributed by atoms with Crippen molar-refractivity contribution in [2.24, 2.45) is 5.92 Å². The molecule has 0 radical (unpaired) electrons. The Bertz CT molecular complexity index is 1280. The number of hydrogen-bond donors (Lipinski definition) is 3. The Balaban J connectivity index is 1.28. The van der Waals surface area contributed by atoms with Gasteiger partial charge in [0.2, 0.25) is 5.91 Å². The first-order chi connectivity index (χ1) is 16.5. The molecule has 176 valence electrons. The fraction of sp³-hybridized carbons (Fsp3) is 0.292. The van der Waals surface area contributed by atoms with Crippen LogP contribution in [0.5, 0.6) is 0 Å². The summed E-state index contributed by atoms with van der Waals surface area (Å²) in [5, 5.41) is 6.96. The fourth-order valence-corrected chi connectivity index (χ4v) is 4.42. The highest BCUT2D eigenvalue weighted by molar-refractivity contribution is 7.18. The Labute approximate surface area is 200 Å². The van der Waals surface area contributed by atoms with Gasteiger partial charge in [-0.05, 0) is 43.5 Å². The van der Waals surface area contributed by atoms with Crippen LogP contribution in [-0.2, 0) is 17.8 Å². The van der Waals surface area contributed by atoms with Crippen LogP contribution in [0.2, 0.25) is 0 Å². The van der Waals surface area contributed by atoms with Crippen molar-refractivity contribution in [3.8, 4) is 0 Å². The number of aryl methyl sites for hydroxylation is 1. The van der Waals surface area contributed by atoms with E-state index in [4.69, 9.17) is 5.73 Å². The highest BCUT2D eigenvalue weighted by Crippen LogP contribution is 2.26. The molecular formula is C24H26FN7OS. The van der Waals surface area contributed by atoms with Crippen molar-refractivity contribution in [2.45, 2.75) is 39.2 Å². The van der Waals surface area contributed by atoms with Gasteiger partial charge in [-0.3, -0.25) is 9.78 Å². The summed E-state index contributed by atoms with van der Waals surface area (Å²) in [5.74, 6) is 0.0364. The van der Waals surface area contributed by atoms with Crippen molar-refractivity contribution in [2.75, 3.05) is 16.4 Å². The minimum absolute atomic E-state index is 0.0341. The zero-order chi connectivity index (χ0) is 23.9. The quantitative estimate of drug-likeness (QED) is 0.221.